The van der Waals surface area contributed by atoms with Crippen molar-refractivity contribution < 1.29 is 14.3 Å². The van der Waals surface area contributed by atoms with E-state index in [1.807, 2.05) is 38.2 Å². The van der Waals surface area contributed by atoms with Gasteiger partial charge in [-0.15, -0.1) is 0 Å². The fraction of sp³-hybridized carbons (Fsp3) is 0.588. The Morgan fingerprint density at radius 2 is 1.86 bits per heavy atom. The van der Waals surface area contributed by atoms with Crippen molar-refractivity contribution in [3.05, 3.63) is 29.8 Å². The lowest BCUT2D eigenvalue weighted by atomic mass is 10.0. The summed E-state index contributed by atoms with van der Waals surface area (Å²) in [4.78, 5) is 11.8. The summed E-state index contributed by atoms with van der Waals surface area (Å²) in [5.74, 6) is 0.418. The highest BCUT2D eigenvalue weighted by atomic mass is 16.6. The lowest BCUT2D eigenvalue weighted by Gasteiger charge is -2.18. The van der Waals surface area contributed by atoms with Gasteiger partial charge in [0, 0.05) is 6.04 Å². The van der Waals surface area contributed by atoms with E-state index in [2.05, 4.69) is 12.2 Å². The monoisotopic (exact) mass is 293 g/mol. The number of esters is 1. The standard InChI is InChI=1S/C17H27NO3/c1-5-8-16(17(19)20-7-3)21-14-11-9-13(10-12-14)15(6-2)18-4/h9-12,15-16,18H,5-8H2,1-4H3. The van der Waals surface area contributed by atoms with Crippen LogP contribution in [0.3, 0.4) is 0 Å². The highest BCUT2D eigenvalue weighted by Gasteiger charge is 2.20. The molecule has 0 spiro atoms. The first kappa shape index (κ1) is 17.5. The van der Waals surface area contributed by atoms with Gasteiger partial charge in [-0.3, -0.25) is 0 Å². The van der Waals surface area contributed by atoms with Crippen molar-refractivity contribution in [1.82, 2.24) is 5.32 Å². The zero-order valence-electron chi connectivity index (χ0n) is 13.5. The zero-order valence-corrected chi connectivity index (χ0v) is 13.5. The fourth-order valence-electron chi connectivity index (χ4n) is 2.27. The number of carbonyl (C=O) groups excluding carboxylic acids is 1. The number of carbonyl (C=O) groups is 1. The predicted molar refractivity (Wildman–Crippen MR) is 84.5 cm³/mol. The van der Waals surface area contributed by atoms with Crippen molar-refractivity contribution in [2.75, 3.05) is 13.7 Å². The average Bonchev–Trinajstić information content (AvgIpc) is 2.50. The minimum absolute atomic E-state index is 0.287. The molecule has 0 radical (unpaired) electrons. The number of benzene rings is 1. The van der Waals surface area contributed by atoms with Gasteiger partial charge < -0.3 is 14.8 Å². The van der Waals surface area contributed by atoms with E-state index in [1.165, 1.54) is 5.56 Å². The molecule has 0 saturated heterocycles. The number of nitrogens with one attached hydrogen (secondary N) is 1. The number of hydrogen-bond acceptors (Lipinski definition) is 4. The van der Waals surface area contributed by atoms with E-state index in [0.717, 1.165) is 12.8 Å². The van der Waals surface area contributed by atoms with E-state index in [0.29, 0.717) is 24.8 Å². The van der Waals surface area contributed by atoms with Crippen LogP contribution in [0, 0.1) is 0 Å². The molecule has 0 aliphatic carbocycles. The highest BCUT2D eigenvalue weighted by molar-refractivity contribution is 5.75. The fourth-order valence-corrected chi connectivity index (χ4v) is 2.27. The van der Waals surface area contributed by atoms with E-state index in [1.54, 1.807) is 6.92 Å². The van der Waals surface area contributed by atoms with Crippen molar-refractivity contribution in [3.63, 3.8) is 0 Å². The van der Waals surface area contributed by atoms with Gasteiger partial charge in [-0.1, -0.05) is 32.4 Å². The average molecular weight is 293 g/mol. The lowest BCUT2D eigenvalue weighted by Crippen LogP contribution is -2.29. The molecule has 1 N–H and O–H groups in total. The van der Waals surface area contributed by atoms with Crippen LogP contribution in [0.15, 0.2) is 24.3 Å². The molecule has 2 unspecified atom stereocenters. The van der Waals surface area contributed by atoms with Gasteiger partial charge in [0.05, 0.1) is 6.61 Å². The molecule has 4 heteroatoms. The smallest absolute Gasteiger partial charge is 0.347 e. The molecule has 0 aromatic heterocycles. The molecule has 1 aromatic rings. The Hall–Kier alpha value is -1.55. The van der Waals surface area contributed by atoms with Crippen LogP contribution in [0.25, 0.3) is 0 Å². The van der Waals surface area contributed by atoms with Crippen molar-refractivity contribution in [1.29, 1.82) is 0 Å². The van der Waals surface area contributed by atoms with Crippen LogP contribution in [0.1, 0.15) is 51.6 Å². The molecule has 0 fully saturated rings. The molecule has 0 heterocycles. The Labute approximate surface area is 127 Å². The van der Waals surface area contributed by atoms with E-state index in [9.17, 15) is 4.79 Å². The molecule has 0 bridgehead atoms. The first-order chi connectivity index (χ1) is 10.2. The Morgan fingerprint density at radius 1 is 1.19 bits per heavy atom. The molecule has 118 valence electrons. The van der Waals surface area contributed by atoms with Crippen molar-refractivity contribution in [3.8, 4) is 5.75 Å². The molecule has 21 heavy (non-hydrogen) atoms. The van der Waals surface area contributed by atoms with Crippen LogP contribution in [0.5, 0.6) is 5.75 Å². The summed E-state index contributed by atoms with van der Waals surface area (Å²) >= 11 is 0. The van der Waals surface area contributed by atoms with Gasteiger partial charge in [-0.25, -0.2) is 4.79 Å². The van der Waals surface area contributed by atoms with Crippen molar-refractivity contribution in [2.24, 2.45) is 0 Å². The first-order valence-corrected chi connectivity index (χ1v) is 7.76. The molecule has 1 aromatic carbocycles. The van der Waals surface area contributed by atoms with E-state index < -0.39 is 6.10 Å². The van der Waals surface area contributed by atoms with Gasteiger partial charge >= 0.3 is 5.97 Å². The maximum absolute atomic E-state index is 11.8. The topological polar surface area (TPSA) is 47.6 Å². The number of ether oxygens (including phenoxy) is 2. The minimum Gasteiger partial charge on any atom is -0.479 e. The van der Waals surface area contributed by atoms with E-state index in [-0.39, 0.29) is 5.97 Å². The highest BCUT2D eigenvalue weighted by Crippen LogP contribution is 2.21. The summed E-state index contributed by atoms with van der Waals surface area (Å²) in [7, 11) is 1.95. The van der Waals surface area contributed by atoms with Crippen LogP contribution in [-0.4, -0.2) is 25.7 Å². The second kappa shape index (κ2) is 9.40. The van der Waals surface area contributed by atoms with Gasteiger partial charge in [0.2, 0.25) is 0 Å². The molecular weight excluding hydrogens is 266 g/mol. The minimum atomic E-state index is -0.521. The normalized spacial score (nSPS) is 13.5. The Balaban J connectivity index is 2.73. The number of rotatable bonds is 9. The maximum Gasteiger partial charge on any atom is 0.347 e. The van der Waals surface area contributed by atoms with Crippen molar-refractivity contribution >= 4 is 5.97 Å². The van der Waals surface area contributed by atoms with Crippen LogP contribution in [-0.2, 0) is 9.53 Å². The molecule has 0 amide bonds. The first-order valence-electron chi connectivity index (χ1n) is 7.76. The summed E-state index contributed by atoms with van der Waals surface area (Å²) in [6, 6.07) is 8.24. The van der Waals surface area contributed by atoms with Gasteiger partial charge in [0.15, 0.2) is 6.10 Å². The molecule has 4 nitrogen and oxygen atoms in total. The van der Waals surface area contributed by atoms with E-state index >= 15 is 0 Å². The predicted octanol–water partition coefficient (Wildman–Crippen LogP) is 3.47. The Bertz CT molecular complexity index is 413. The Kier molecular flexibility index (Phi) is 7.83. The molecule has 1 rings (SSSR count). The summed E-state index contributed by atoms with van der Waals surface area (Å²) < 4.78 is 10.8. The van der Waals surface area contributed by atoms with Crippen LogP contribution in [0.2, 0.25) is 0 Å². The van der Waals surface area contributed by atoms with Crippen molar-refractivity contribution in [2.45, 2.75) is 52.2 Å². The van der Waals surface area contributed by atoms with Crippen LogP contribution in [0.4, 0.5) is 0 Å². The molecule has 2 atom stereocenters. The van der Waals surface area contributed by atoms with Gasteiger partial charge in [0.25, 0.3) is 0 Å². The van der Waals surface area contributed by atoms with E-state index in [4.69, 9.17) is 9.47 Å². The van der Waals surface area contributed by atoms with Gasteiger partial charge in [-0.2, -0.15) is 0 Å². The maximum atomic E-state index is 11.8. The van der Waals surface area contributed by atoms with Gasteiger partial charge in [-0.05, 0) is 44.5 Å². The largest absolute Gasteiger partial charge is 0.479 e. The SMILES string of the molecule is CCCC(Oc1ccc(C(CC)NC)cc1)C(=O)OCC. The summed E-state index contributed by atoms with van der Waals surface area (Å²) in [6.45, 7) is 6.35. The van der Waals surface area contributed by atoms with Gasteiger partial charge in [0.1, 0.15) is 5.75 Å². The molecule has 0 saturated carbocycles. The quantitative estimate of drug-likeness (QED) is 0.708. The summed E-state index contributed by atoms with van der Waals surface area (Å²) in [5, 5.41) is 3.27. The Morgan fingerprint density at radius 3 is 2.33 bits per heavy atom. The second-order valence-corrected chi connectivity index (χ2v) is 4.97. The molecular formula is C17H27NO3. The third-order valence-electron chi connectivity index (χ3n) is 3.42. The third kappa shape index (κ3) is 5.38. The molecule has 0 aliphatic rings. The summed E-state index contributed by atoms with van der Waals surface area (Å²) in [6.07, 6.45) is 2.04. The second-order valence-electron chi connectivity index (χ2n) is 4.97. The zero-order chi connectivity index (χ0) is 15.7. The lowest BCUT2D eigenvalue weighted by molar-refractivity contribution is -0.151. The summed E-state index contributed by atoms with van der Waals surface area (Å²) in [5.41, 5.74) is 1.22. The van der Waals surface area contributed by atoms with Crippen LogP contribution < -0.4 is 10.1 Å². The number of hydrogen-bond donors (Lipinski definition) is 1. The third-order valence-corrected chi connectivity index (χ3v) is 3.42. The molecule has 0 aliphatic heterocycles. The van der Waals surface area contributed by atoms with Crippen LogP contribution >= 0.6 is 0 Å².